The van der Waals surface area contributed by atoms with E-state index in [1.807, 2.05) is 0 Å². The molecule has 3 N–H and O–H groups in total. The quantitative estimate of drug-likeness (QED) is 0.636. The number of rotatable bonds is 4. The van der Waals surface area contributed by atoms with Gasteiger partial charge in [0.15, 0.2) is 0 Å². The Hall–Kier alpha value is -0.900. The zero-order valence-electron chi connectivity index (χ0n) is 11.6. The summed E-state index contributed by atoms with van der Waals surface area (Å²) in [5, 5.41) is 0. The summed E-state index contributed by atoms with van der Waals surface area (Å²) in [6.07, 6.45) is 4.59. The molecule has 0 spiro atoms. The predicted octanol–water partition coefficient (Wildman–Crippen LogP) is 2.77. The van der Waals surface area contributed by atoms with E-state index in [9.17, 15) is 0 Å². The summed E-state index contributed by atoms with van der Waals surface area (Å²) in [4.78, 5) is 0. The smallest absolute Gasteiger partial charge is 0.0885 e. The van der Waals surface area contributed by atoms with Crippen LogP contribution in [0.25, 0.3) is 0 Å². The number of methoxy groups -OCH3 is 1. The lowest BCUT2D eigenvalue weighted by Crippen LogP contribution is -2.46. The summed E-state index contributed by atoms with van der Waals surface area (Å²) < 4.78 is 5.86. The Morgan fingerprint density at radius 3 is 2.50 bits per heavy atom. The maximum Gasteiger partial charge on any atom is 0.0885 e. The van der Waals surface area contributed by atoms with Crippen molar-refractivity contribution in [3.63, 3.8) is 0 Å². The summed E-state index contributed by atoms with van der Waals surface area (Å²) in [5.74, 6) is 5.83. The third-order valence-corrected chi connectivity index (χ3v) is 4.51. The Labute approximate surface area is 110 Å². The van der Waals surface area contributed by atoms with Gasteiger partial charge in [-0.3, -0.25) is 11.3 Å². The maximum absolute atomic E-state index is 5.86. The molecule has 100 valence electrons. The summed E-state index contributed by atoms with van der Waals surface area (Å²) in [6, 6.07) is 6.47. The molecule has 0 aliphatic heterocycles. The fourth-order valence-corrected chi connectivity index (χ4v) is 3.20. The highest BCUT2D eigenvalue weighted by Crippen LogP contribution is 2.43. The van der Waals surface area contributed by atoms with Crippen LogP contribution < -0.4 is 11.3 Å². The van der Waals surface area contributed by atoms with Crippen LogP contribution in [0.5, 0.6) is 0 Å². The van der Waals surface area contributed by atoms with Gasteiger partial charge in [0.1, 0.15) is 0 Å². The Balaban J connectivity index is 2.41. The Morgan fingerprint density at radius 2 is 1.94 bits per heavy atom. The van der Waals surface area contributed by atoms with Crippen molar-refractivity contribution in [1.82, 2.24) is 5.43 Å². The van der Waals surface area contributed by atoms with Crippen LogP contribution in [0.2, 0.25) is 0 Å². The highest BCUT2D eigenvalue weighted by molar-refractivity contribution is 5.37. The highest BCUT2D eigenvalue weighted by atomic mass is 16.5. The van der Waals surface area contributed by atoms with Gasteiger partial charge in [-0.2, -0.15) is 0 Å². The predicted molar refractivity (Wildman–Crippen MR) is 74.2 cm³/mol. The molecule has 0 aromatic heterocycles. The van der Waals surface area contributed by atoms with Gasteiger partial charge in [-0.25, -0.2) is 0 Å². The van der Waals surface area contributed by atoms with Crippen LogP contribution in [0, 0.1) is 13.8 Å². The number of nitrogens with one attached hydrogen (secondary N) is 1. The third-order valence-electron chi connectivity index (χ3n) is 4.51. The molecular weight excluding hydrogens is 224 g/mol. The molecule has 3 nitrogen and oxygen atoms in total. The number of nitrogens with two attached hydrogens (primary N) is 1. The topological polar surface area (TPSA) is 47.3 Å². The van der Waals surface area contributed by atoms with Crippen molar-refractivity contribution in [2.45, 2.75) is 51.2 Å². The van der Waals surface area contributed by atoms with E-state index in [4.69, 9.17) is 10.6 Å². The van der Waals surface area contributed by atoms with Crippen molar-refractivity contribution in [3.05, 3.63) is 34.9 Å². The van der Waals surface area contributed by atoms with Gasteiger partial charge < -0.3 is 4.74 Å². The molecule has 1 saturated carbocycles. The van der Waals surface area contributed by atoms with Gasteiger partial charge in [0.2, 0.25) is 0 Å². The van der Waals surface area contributed by atoms with Crippen LogP contribution in [0.4, 0.5) is 0 Å². The van der Waals surface area contributed by atoms with Gasteiger partial charge >= 0.3 is 0 Å². The standard InChI is InChI=1S/C15H24N2O/c1-11-7-6-8-13(12(11)2)14(17-16)15(18-3)9-4-5-10-15/h6-8,14,17H,4-5,9-10,16H2,1-3H3. The second-order valence-corrected chi connectivity index (χ2v) is 5.36. The SMILES string of the molecule is COC1(C(NN)c2cccc(C)c2C)CCCC1. The maximum atomic E-state index is 5.86. The molecule has 1 fully saturated rings. The molecule has 1 unspecified atom stereocenters. The van der Waals surface area contributed by atoms with Crippen LogP contribution in [0.1, 0.15) is 48.4 Å². The zero-order valence-corrected chi connectivity index (χ0v) is 11.6. The van der Waals surface area contributed by atoms with E-state index in [-0.39, 0.29) is 11.6 Å². The first kappa shape index (κ1) is 13.5. The van der Waals surface area contributed by atoms with Crippen LogP contribution in [-0.4, -0.2) is 12.7 Å². The van der Waals surface area contributed by atoms with E-state index in [1.54, 1.807) is 7.11 Å². The van der Waals surface area contributed by atoms with Gasteiger partial charge in [-0.05, 0) is 43.4 Å². The zero-order chi connectivity index (χ0) is 13.2. The molecule has 1 aromatic rings. The Morgan fingerprint density at radius 1 is 1.28 bits per heavy atom. The lowest BCUT2D eigenvalue weighted by atomic mass is 9.84. The second kappa shape index (κ2) is 5.39. The molecule has 0 heterocycles. The lowest BCUT2D eigenvalue weighted by Gasteiger charge is -2.37. The van der Waals surface area contributed by atoms with Crippen molar-refractivity contribution in [1.29, 1.82) is 0 Å². The van der Waals surface area contributed by atoms with E-state index < -0.39 is 0 Å². The van der Waals surface area contributed by atoms with Gasteiger partial charge in [-0.15, -0.1) is 0 Å². The average Bonchev–Trinajstić information content (AvgIpc) is 2.85. The summed E-state index contributed by atoms with van der Waals surface area (Å²) in [7, 11) is 1.81. The van der Waals surface area contributed by atoms with E-state index in [0.29, 0.717) is 0 Å². The van der Waals surface area contributed by atoms with Gasteiger partial charge in [0, 0.05) is 7.11 Å². The molecule has 1 atom stereocenters. The Bertz CT molecular complexity index is 411. The van der Waals surface area contributed by atoms with Crippen LogP contribution in [-0.2, 0) is 4.74 Å². The second-order valence-electron chi connectivity index (χ2n) is 5.36. The minimum absolute atomic E-state index is 0.0740. The monoisotopic (exact) mass is 248 g/mol. The molecule has 1 aliphatic carbocycles. The number of hydrogen-bond donors (Lipinski definition) is 2. The van der Waals surface area contributed by atoms with E-state index in [2.05, 4.69) is 37.5 Å². The highest BCUT2D eigenvalue weighted by Gasteiger charge is 2.42. The first-order valence-corrected chi connectivity index (χ1v) is 6.72. The van der Waals surface area contributed by atoms with Gasteiger partial charge in [0.25, 0.3) is 0 Å². The van der Waals surface area contributed by atoms with E-state index >= 15 is 0 Å². The number of aryl methyl sites for hydroxylation is 1. The normalized spacial score (nSPS) is 20.0. The Kier molecular flexibility index (Phi) is 4.05. The lowest BCUT2D eigenvalue weighted by molar-refractivity contribution is -0.0370. The van der Waals surface area contributed by atoms with Crippen molar-refractivity contribution in [3.8, 4) is 0 Å². The average molecular weight is 248 g/mol. The molecule has 0 amide bonds. The molecule has 1 aromatic carbocycles. The van der Waals surface area contributed by atoms with Crippen molar-refractivity contribution >= 4 is 0 Å². The summed E-state index contributed by atoms with van der Waals surface area (Å²) >= 11 is 0. The van der Waals surface area contributed by atoms with E-state index in [0.717, 1.165) is 12.8 Å². The van der Waals surface area contributed by atoms with Crippen molar-refractivity contribution in [2.75, 3.05) is 7.11 Å². The van der Waals surface area contributed by atoms with Gasteiger partial charge in [0.05, 0.1) is 11.6 Å². The first-order valence-electron chi connectivity index (χ1n) is 6.72. The molecule has 0 saturated heterocycles. The molecule has 1 aliphatic rings. The third kappa shape index (κ3) is 2.18. The van der Waals surface area contributed by atoms with Crippen LogP contribution >= 0.6 is 0 Å². The molecule has 2 rings (SSSR count). The van der Waals surface area contributed by atoms with Gasteiger partial charge in [-0.1, -0.05) is 31.0 Å². The fraction of sp³-hybridized carbons (Fsp3) is 0.600. The number of ether oxygens (including phenoxy) is 1. The fourth-order valence-electron chi connectivity index (χ4n) is 3.20. The molecule has 0 bridgehead atoms. The van der Waals surface area contributed by atoms with E-state index in [1.165, 1.54) is 29.5 Å². The minimum Gasteiger partial charge on any atom is -0.376 e. The molecular formula is C15H24N2O. The number of hydrazine groups is 1. The minimum atomic E-state index is -0.146. The molecule has 0 radical (unpaired) electrons. The number of hydrogen-bond acceptors (Lipinski definition) is 3. The number of benzene rings is 1. The summed E-state index contributed by atoms with van der Waals surface area (Å²) in [6.45, 7) is 4.30. The van der Waals surface area contributed by atoms with Crippen molar-refractivity contribution < 1.29 is 4.74 Å². The van der Waals surface area contributed by atoms with Crippen molar-refractivity contribution in [2.24, 2.45) is 5.84 Å². The largest absolute Gasteiger partial charge is 0.376 e. The summed E-state index contributed by atoms with van der Waals surface area (Å²) in [5.41, 5.74) is 6.73. The molecule has 3 heteroatoms. The molecule has 18 heavy (non-hydrogen) atoms. The van der Waals surface area contributed by atoms with Crippen LogP contribution in [0.3, 0.4) is 0 Å². The van der Waals surface area contributed by atoms with Crippen LogP contribution in [0.15, 0.2) is 18.2 Å². The first-order chi connectivity index (χ1) is 8.64.